The first-order valence-electron chi connectivity index (χ1n) is 6.83. The van der Waals surface area contributed by atoms with Crippen molar-refractivity contribution in [3.63, 3.8) is 0 Å². The number of benzene rings is 1. The van der Waals surface area contributed by atoms with Crippen LogP contribution in [0.4, 0.5) is 0 Å². The Bertz CT molecular complexity index is 417. The minimum absolute atomic E-state index is 0.152. The molecule has 1 unspecified atom stereocenters. The highest BCUT2D eigenvalue weighted by molar-refractivity contribution is 7.80. The van der Waals surface area contributed by atoms with Crippen LogP contribution in [-0.4, -0.2) is 23.4 Å². The van der Waals surface area contributed by atoms with Crippen LogP contribution in [0.1, 0.15) is 49.4 Å². The van der Waals surface area contributed by atoms with Gasteiger partial charge in [-0.3, -0.25) is 4.79 Å². The highest BCUT2D eigenvalue weighted by Gasteiger charge is 2.27. The maximum atomic E-state index is 12.6. The number of amides is 1. The third kappa shape index (κ3) is 2.89. The molecule has 1 aromatic carbocycles. The average molecular weight is 263 g/mol. The molecule has 3 heteroatoms. The second-order valence-corrected chi connectivity index (χ2v) is 5.44. The zero-order valence-electron chi connectivity index (χ0n) is 10.9. The fraction of sp³-hybridized carbons (Fsp3) is 0.533. The molecule has 1 fully saturated rings. The van der Waals surface area contributed by atoms with Gasteiger partial charge in [-0.05, 0) is 37.8 Å². The van der Waals surface area contributed by atoms with E-state index in [-0.39, 0.29) is 5.91 Å². The van der Waals surface area contributed by atoms with Gasteiger partial charge in [0.1, 0.15) is 0 Å². The minimum atomic E-state index is 0.152. The number of piperidine rings is 1. The topological polar surface area (TPSA) is 20.3 Å². The smallest absolute Gasteiger partial charge is 0.255 e. The molecule has 0 radical (unpaired) electrons. The van der Waals surface area contributed by atoms with Crippen molar-refractivity contribution in [2.75, 3.05) is 6.54 Å². The molecule has 18 heavy (non-hydrogen) atoms. The predicted molar refractivity (Wildman–Crippen MR) is 77.3 cm³/mol. The first-order chi connectivity index (χ1) is 8.74. The Labute approximate surface area is 115 Å². The third-order valence-electron chi connectivity index (χ3n) is 3.64. The molecule has 98 valence electrons. The molecule has 1 amide bonds. The van der Waals surface area contributed by atoms with Gasteiger partial charge in [-0.25, -0.2) is 0 Å². The quantitative estimate of drug-likeness (QED) is 0.823. The van der Waals surface area contributed by atoms with E-state index < -0.39 is 0 Å². The van der Waals surface area contributed by atoms with Crippen molar-refractivity contribution in [2.45, 2.75) is 50.0 Å². The predicted octanol–water partition coefficient (Wildman–Crippen LogP) is 3.77. The number of rotatable bonds is 3. The molecule has 1 aliphatic rings. The van der Waals surface area contributed by atoms with Gasteiger partial charge in [-0.15, -0.1) is 12.6 Å². The summed E-state index contributed by atoms with van der Waals surface area (Å²) in [6, 6.07) is 8.01. The number of thiol groups is 1. The molecule has 0 bridgehead atoms. The van der Waals surface area contributed by atoms with Gasteiger partial charge in [-0.2, -0.15) is 0 Å². The standard InChI is InChI=1S/C15H21NOS/c1-2-7-12-8-5-6-11-16(12)15(17)13-9-3-4-10-14(13)18/h3-4,9-10,12,18H,2,5-8,11H2,1H3. The van der Waals surface area contributed by atoms with E-state index in [1.165, 1.54) is 6.42 Å². The molecular formula is C15H21NOS. The van der Waals surface area contributed by atoms with E-state index in [1.54, 1.807) is 0 Å². The SMILES string of the molecule is CCCC1CCCCN1C(=O)c1ccccc1S. The molecule has 0 aromatic heterocycles. The number of carbonyl (C=O) groups excluding carboxylic acids is 1. The Balaban J connectivity index is 2.18. The van der Waals surface area contributed by atoms with Gasteiger partial charge in [0.05, 0.1) is 5.56 Å². The van der Waals surface area contributed by atoms with Crippen molar-refractivity contribution < 1.29 is 4.79 Å². The van der Waals surface area contributed by atoms with Crippen LogP contribution in [0.25, 0.3) is 0 Å². The zero-order chi connectivity index (χ0) is 13.0. The largest absolute Gasteiger partial charge is 0.336 e. The lowest BCUT2D eigenvalue weighted by Crippen LogP contribution is -2.43. The number of likely N-dealkylation sites (tertiary alicyclic amines) is 1. The summed E-state index contributed by atoms with van der Waals surface area (Å²) in [4.78, 5) is 15.4. The summed E-state index contributed by atoms with van der Waals surface area (Å²) >= 11 is 4.39. The summed E-state index contributed by atoms with van der Waals surface area (Å²) in [7, 11) is 0. The van der Waals surface area contributed by atoms with E-state index in [4.69, 9.17) is 0 Å². The number of nitrogens with zero attached hydrogens (tertiary/aromatic N) is 1. The second kappa shape index (κ2) is 6.28. The van der Waals surface area contributed by atoms with E-state index in [0.717, 1.165) is 42.7 Å². The van der Waals surface area contributed by atoms with Crippen LogP contribution in [-0.2, 0) is 0 Å². The van der Waals surface area contributed by atoms with Gasteiger partial charge in [0.2, 0.25) is 0 Å². The molecule has 0 N–H and O–H groups in total. The summed E-state index contributed by atoms with van der Waals surface area (Å²) in [6.07, 6.45) is 5.77. The van der Waals surface area contributed by atoms with E-state index in [1.807, 2.05) is 24.3 Å². The minimum Gasteiger partial charge on any atom is -0.336 e. The fourth-order valence-corrected chi connectivity index (χ4v) is 2.97. The van der Waals surface area contributed by atoms with Gasteiger partial charge in [-0.1, -0.05) is 25.5 Å². The molecule has 1 heterocycles. The van der Waals surface area contributed by atoms with Crippen LogP contribution in [0.3, 0.4) is 0 Å². The van der Waals surface area contributed by atoms with Crippen LogP contribution < -0.4 is 0 Å². The lowest BCUT2D eigenvalue weighted by molar-refractivity contribution is 0.0597. The summed E-state index contributed by atoms with van der Waals surface area (Å²) in [5, 5.41) is 0. The summed E-state index contributed by atoms with van der Waals surface area (Å²) in [5.41, 5.74) is 0.740. The molecule has 1 aliphatic heterocycles. The summed E-state index contributed by atoms with van der Waals surface area (Å²) < 4.78 is 0. The molecule has 0 aliphatic carbocycles. The fourth-order valence-electron chi connectivity index (χ4n) is 2.71. The summed E-state index contributed by atoms with van der Waals surface area (Å²) in [6.45, 7) is 3.08. The number of carbonyl (C=O) groups is 1. The molecule has 2 nitrogen and oxygen atoms in total. The van der Waals surface area contributed by atoms with E-state index in [2.05, 4.69) is 24.5 Å². The maximum Gasteiger partial charge on any atom is 0.255 e. The highest BCUT2D eigenvalue weighted by atomic mass is 32.1. The number of hydrogen-bond donors (Lipinski definition) is 1. The first-order valence-corrected chi connectivity index (χ1v) is 7.27. The lowest BCUT2D eigenvalue weighted by atomic mass is 9.97. The highest BCUT2D eigenvalue weighted by Crippen LogP contribution is 2.24. The first kappa shape index (κ1) is 13.5. The van der Waals surface area contributed by atoms with Crippen molar-refractivity contribution in [1.29, 1.82) is 0 Å². The number of hydrogen-bond acceptors (Lipinski definition) is 2. The Morgan fingerprint density at radius 2 is 2.17 bits per heavy atom. The Morgan fingerprint density at radius 3 is 2.89 bits per heavy atom. The van der Waals surface area contributed by atoms with Crippen molar-refractivity contribution in [3.05, 3.63) is 29.8 Å². The van der Waals surface area contributed by atoms with E-state index >= 15 is 0 Å². The summed E-state index contributed by atoms with van der Waals surface area (Å²) in [5.74, 6) is 0.152. The normalized spacial score (nSPS) is 19.9. The lowest BCUT2D eigenvalue weighted by Gasteiger charge is -2.36. The monoisotopic (exact) mass is 263 g/mol. The van der Waals surface area contributed by atoms with Crippen molar-refractivity contribution in [1.82, 2.24) is 4.90 Å². The molecule has 1 saturated heterocycles. The van der Waals surface area contributed by atoms with E-state index in [9.17, 15) is 4.79 Å². The van der Waals surface area contributed by atoms with E-state index in [0.29, 0.717) is 6.04 Å². The van der Waals surface area contributed by atoms with Gasteiger partial charge >= 0.3 is 0 Å². The van der Waals surface area contributed by atoms with Crippen LogP contribution in [0.5, 0.6) is 0 Å². The molecule has 1 aromatic rings. The maximum absolute atomic E-state index is 12.6. The van der Waals surface area contributed by atoms with Gasteiger partial charge in [0.25, 0.3) is 5.91 Å². The molecular weight excluding hydrogens is 242 g/mol. The zero-order valence-corrected chi connectivity index (χ0v) is 11.8. The Morgan fingerprint density at radius 1 is 1.39 bits per heavy atom. The van der Waals surface area contributed by atoms with Gasteiger partial charge in [0.15, 0.2) is 0 Å². The molecule has 0 spiro atoms. The van der Waals surface area contributed by atoms with Crippen LogP contribution in [0, 0.1) is 0 Å². The van der Waals surface area contributed by atoms with Gasteiger partial charge in [0, 0.05) is 17.5 Å². The Hall–Kier alpha value is -0.960. The van der Waals surface area contributed by atoms with Crippen molar-refractivity contribution in [3.8, 4) is 0 Å². The van der Waals surface area contributed by atoms with Crippen LogP contribution in [0.15, 0.2) is 29.2 Å². The Kier molecular flexibility index (Phi) is 4.70. The molecule has 2 rings (SSSR count). The van der Waals surface area contributed by atoms with Crippen LogP contribution >= 0.6 is 12.6 Å². The second-order valence-electron chi connectivity index (χ2n) is 4.95. The van der Waals surface area contributed by atoms with Gasteiger partial charge < -0.3 is 4.90 Å². The molecule has 1 atom stereocenters. The van der Waals surface area contributed by atoms with Crippen molar-refractivity contribution >= 4 is 18.5 Å². The molecule has 0 saturated carbocycles. The third-order valence-corrected chi connectivity index (χ3v) is 4.03. The van der Waals surface area contributed by atoms with Crippen molar-refractivity contribution in [2.24, 2.45) is 0 Å². The average Bonchev–Trinajstić information content (AvgIpc) is 2.40. The van der Waals surface area contributed by atoms with Crippen LogP contribution in [0.2, 0.25) is 0 Å².